The minimum Gasteiger partial charge on any atom is -0.467 e. The highest BCUT2D eigenvalue weighted by molar-refractivity contribution is 6.16. The van der Waals surface area contributed by atoms with E-state index in [1.165, 1.54) is 30.3 Å². The molecule has 2 amide bonds. The Balaban J connectivity index is 0.975. The van der Waals surface area contributed by atoms with E-state index in [0.717, 1.165) is 73.5 Å². The maximum Gasteiger partial charge on any atom is 0.240 e. The van der Waals surface area contributed by atoms with Crippen molar-refractivity contribution in [1.29, 1.82) is 0 Å². The fraction of sp³-hybridized carbons (Fsp3) is 0.351. The van der Waals surface area contributed by atoms with Crippen LogP contribution in [0.15, 0.2) is 71.5 Å². The number of anilines is 2. The zero-order valence-electron chi connectivity index (χ0n) is 27.1. The van der Waals surface area contributed by atoms with Gasteiger partial charge in [-0.05, 0) is 104 Å². The van der Waals surface area contributed by atoms with Crippen LogP contribution < -0.4 is 10.6 Å². The molecule has 3 fully saturated rings. The predicted molar refractivity (Wildman–Crippen MR) is 181 cm³/mol. The van der Waals surface area contributed by atoms with E-state index in [4.69, 9.17) is 4.42 Å². The molecule has 2 saturated carbocycles. The van der Waals surface area contributed by atoms with Gasteiger partial charge in [0.2, 0.25) is 11.8 Å². The van der Waals surface area contributed by atoms with E-state index >= 15 is 4.39 Å². The summed E-state index contributed by atoms with van der Waals surface area (Å²) in [4.78, 5) is 35.4. The number of H-pyrrole nitrogens is 1. The molecule has 0 bridgehead atoms. The van der Waals surface area contributed by atoms with Crippen molar-refractivity contribution in [2.75, 3.05) is 43.9 Å². The van der Waals surface area contributed by atoms with Crippen molar-refractivity contribution in [3.05, 3.63) is 95.6 Å². The number of nitrogens with one attached hydrogen (secondary N) is 3. The summed E-state index contributed by atoms with van der Waals surface area (Å²) in [5.74, 6) is -0.895. The topological polar surface area (TPSA) is 119 Å². The molecule has 1 saturated heterocycles. The first-order chi connectivity index (χ1) is 23.8. The number of rotatable bonds is 9. The van der Waals surface area contributed by atoms with E-state index in [1.54, 1.807) is 24.6 Å². The molecule has 4 heterocycles. The fourth-order valence-corrected chi connectivity index (χ4v) is 7.18. The van der Waals surface area contributed by atoms with Crippen LogP contribution in [-0.2, 0) is 16.1 Å². The lowest BCUT2D eigenvalue weighted by atomic mass is 9.66. The highest BCUT2D eigenvalue weighted by Gasteiger charge is 2.56. The van der Waals surface area contributed by atoms with Crippen LogP contribution in [-0.4, -0.2) is 70.0 Å². The van der Waals surface area contributed by atoms with Crippen molar-refractivity contribution in [2.45, 2.75) is 44.1 Å². The molecule has 252 valence electrons. The number of amides is 2. The van der Waals surface area contributed by atoms with Crippen molar-refractivity contribution in [3.8, 4) is 11.3 Å². The molecule has 2 aliphatic carbocycles. The predicted octanol–water partition coefficient (Wildman–Crippen LogP) is 6.26. The Morgan fingerprint density at radius 2 is 1.61 bits per heavy atom. The number of carbonyl (C=O) groups excluding carboxylic acids is 2. The van der Waals surface area contributed by atoms with Gasteiger partial charge in [0.15, 0.2) is 5.65 Å². The standard InChI is InChI=1S/C37H37F2N7O3/c1-45-14-16-46(17-15-45)20-26-18-22(21-49-26)33-32-30(10-13-40-34(32)44-43-33)28-9-8-27(28)29-7-6-25(19-31(29)39)42-36(48)37(11-12-37)35(47)41-24-4-2-23(38)3-5-24/h2-7,10,13,18-19,21,27-28H,8-9,11-12,14-17,20H2,1H3,(H,41,47)(H,42,48)(H,40,43,44). The van der Waals surface area contributed by atoms with Gasteiger partial charge in [0, 0.05) is 49.3 Å². The van der Waals surface area contributed by atoms with Gasteiger partial charge >= 0.3 is 0 Å². The summed E-state index contributed by atoms with van der Waals surface area (Å²) in [5, 5.41) is 14.0. The van der Waals surface area contributed by atoms with Crippen molar-refractivity contribution in [1.82, 2.24) is 25.0 Å². The number of carbonyl (C=O) groups is 2. The van der Waals surface area contributed by atoms with Gasteiger partial charge in [-0.2, -0.15) is 5.10 Å². The summed E-state index contributed by atoms with van der Waals surface area (Å²) in [7, 11) is 2.14. The SMILES string of the molecule is CN1CCN(Cc2cc(-c3[nH]nc4nccc(C5CCC5c5ccc(NC(=O)C6(C(=O)Nc7ccc(F)cc7)CC6)cc5F)c34)co2)CC1. The summed E-state index contributed by atoms with van der Waals surface area (Å²) in [6.07, 6.45) is 5.97. The molecule has 2 atom stereocenters. The number of aromatic nitrogens is 3. The number of benzene rings is 2. The molecule has 3 aromatic heterocycles. The third-order valence-corrected chi connectivity index (χ3v) is 10.5. The number of halogens is 2. The largest absolute Gasteiger partial charge is 0.467 e. The molecule has 12 heteroatoms. The first kappa shape index (κ1) is 31.3. The van der Waals surface area contributed by atoms with Crippen LogP contribution in [0.25, 0.3) is 22.3 Å². The van der Waals surface area contributed by atoms with Crippen LogP contribution in [0.3, 0.4) is 0 Å². The van der Waals surface area contributed by atoms with E-state index in [9.17, 15) is 14.0 Å². The number of nitrogens with zero attached hydrogens (tertiary/aromatic N) is 4. The lowest BCUT2D eigenvalue weighted by Crippen LogP contribution is -2.43. The zero-order chi connectivity index (χ0) is 33.7. The normalized spacial score (nSPS) is 20.6. The number of pyridine rings is 1. The Hall–Kier alpha value is -4.94. The van der Waals surface area contributed by atoms with Gasteiger partial charge in [-0.3, -0.25) is 19.6 Å². The number of fused-ring (bicyclic) bond motifs is 1. The average Bonchev–Trinajstić information content (AvgIpc) is 3.59. The number of furan rings is 1. The Bertz CT molecular complexity index is 2030. The second-order valence-corrected chi connectivity index (χ2v) is 13.6. The van der Waals surface area contributed by atoms with Crippen LogP contribution in [0.1, 0.15) is 54.4 Å². The summed E-state index contributed by atoms with van der Waals surface area (Å²) in [6.45, 7) is 4.81. The van der Waals surface area contributed by atoms with Gasteiger partial charge in [0.1, 0.15) is 29.1 Å². The number of hydrogen-bond acceptors (Lipinski definition) is 7. The quantitative estimate of drug-likeness (QED) is 0.159. The Labute approximate surface area is 281 Å². The molecule has 49 heavy (non-hydrogen) atoms. The van der Waals surface area contributed by atoms with Crippen molar-refractivity contribution < 1.29 is 22.8 Å². The van der Waals surface area contributed by atoms with E-state index < -0.39 is 28.9 Å². The molecule has 1 aliphatic heterocycles. The van der Waals surface area contributed by atoms with Crippen LogP contribution in [0.5, 0.6) is 0 Å². The molecule has 2 aromatic carbocycles. The fourth-order valence-electron chi connectivity index (χ4n) is 7.18. The maximum atomic E-state index is 15.8. The molecule has 2 unspecified atom stereocenters. The van der Waals surface area contributed by atoms with Crippen molar-refractivity contribution >= 4 is 34.2 Å². The smallest absolute Gasteiger partial charge is 0.240 e. The molecule has 10 nitrogen and oxygen atoms in total. The highest BCUT2D eigenvalue weighted by atomic mass is 19.1. The Kier molecular flexibility index (Phi) is 7.99. The van der Waals surface area contributed by atoms with E-state index in [2.05, 4.69) is 48.7 Å². The number of hydrogen-bond donors (Lipinski definition) is 3. The molecule has 0 spiro atoms. The number of aromatic amines is 1. The van der Waals surface area contributed by atoms with Crippen LogP contribution in [0, 0.1) is 17.0 Å². The van der Waals surface area contributed by atoms with Gasteiger partial charge in [-0.15, -0.1) is 0 Å². The number of likely N-dealkylation sites (N-methyl/N-ethyl adjacent to an activating group) is 1. The van der Waals surface area contributed by atoms with E-state index in [1.807, 2.05) is 6.07 Å². The van der Waals surface area contributed by atoms with Crippen LogP contribution >= 0.6 is 0 Å². The van der Waals surface area contributed by atoms with E-state index in [-0.39, 0.29) is 11.8 Å². The first-order valence-electron chi connectivity index (χ1n) is 16.8. The summed E-state index contributed by atoms with van der Waals surface area (Å²) in [5.41, 5.74) is 3.45. The molecule has 3 N–H and O–H groups in total. The average molecular weight is 666 g/mol. The first-order valence-corrected chi connectivity index (χ1v) is 16.8. The number of piperazine rings is 1. The third-order valence-electron chi connectivity index (χ3n) is 10.5. The van der Waals surface area contributed by atoms with Gasteiger partial charge in [0.25, 0.3) is 0 Å². The van der Waals surface area contributed by atoms with Crippen LogP contribution in [0.4, 0.5) is 20.2 Å². The summed E-state index contributed by atoms with van der Waals surface area (Å²) < 4.78 is 35.0. The molecule has 3 aliphatic rings. The second kappa shape index (κ2) is 12.5. The summed E-state index contributed by atoms with van der Waals surface area (Å²) in [6, 6.07) is 14.2. The molecule has 8 rings (SSSR count). The Morgan fingerprint density at radius 3 is 2.31 bits per heavy atom. The summed E-state index contributed by atoms with van der Waals surface area (Å²) >= 11 is 0. The molecular formula is C37H37F2N7O3. The van der Waals surface area contributed by atoms with Gasteiger partial charge in [-0.1, -0.05) is 6.07 Å². The maximum absolute atomic E-state index is 15.8. The molecular weight excluding hydrogens is 628 g/mol. The van der Waals surface area contributed by atoms with Gasteiger partial charge in [0.05, 0.1) is 17.6 Å². The van der Waals surface area contributed by atoms with Crippen molar-refractivity contribution in [2.24, 2.45) is 5.41 Å². The lowest BCUT2D eigenvalue weighted by Gasteiger charge is -2.38. The molecule has 0 radical (unpaired) electrons. The Morgan fingerprint density at radius 1 is 0.918 bits per heavy atom. The van der Waals surface area contributed by atoms with Gasteiger partial charge in [-0.25, -0.2) is 13.8 Å². The molecule has 5 aromatic rings. The second-order valence-electron chi connectivity index (χ2n) is 13.6. The zero-order valence-corrected chi connectivity index (χ0v) is 27.1. The monoisotopic (exact) mass is 665 g/mol. The third kappa shape index (κ3) is 5.99. The lowest BCUT2D eigenvalue weighted by molar-refractivity contribution is -0.131. The minimum atomic E-state index is -1.24. The van der Waals surface area contributed by atoms with Crippen molar-refractivity contribution in [3.63, 3.8) is 0 Å². The van der Waals surface area contributed by atoms with E-state index in [0.29, 0.717) is 35.4 Å². The highest BCUT2D eigenvalue weighted by Crippen LogP contribution is 2.52. The minimum absolute atomic E-state index is 0.0541. The van der Waals surface area contributed by atoms with Crippen LogP contribution in [0.2, 0.25) is 0 Å². The van der Waals surface area contributed by atoms with Gasteiger partial charge < -0.3 is 20.0 Å².